The molecule has 0 bridgehead atoms. The molecule has 4 heteroatoms. The molecule has 15 heavy (non-hydrogen) atoms. The first kappa shape index (κ1) is 9.66. The minimum Gasteiger partial charge on any atom is -0.232 e. The maximum Gasteiger partial charge on any atom is 0.173 e. The van der Waals surface area contributed by atoms with Gasteiger partial charge in [0, 0.05) is 11.4 Å². The highest BCUT2D eigenvalue weighted by Gasteiger charge is 2.11. The molecule has 0 N–H and O–H groups in total. The lowest BCUT2D eigenvalue weighted by molar-refractivity contribution is 0.850. The molecule has 0 aliphatic rings. The van der Waals surface area contributed by atoms with Gasteiger partial charge < -0.3 is 0 Å². The van der Waals surface area contributed by atoms with Crippen molar-refractivity contribution in [2.75, 3.05) is 0 Å². The van der Waals surface area contributed by atoms with E-state index in [9.17, 15) is 0 Å². The summed E-state index contributed by atoms with van der Waals surface area (Å²) in [5.74, 6) is 0. The van der Waals surface area contributed by atoms with Crippen LogP contribution in [0.2, 0.25) is 0 Å². The van der Waals surface area contributed by atoms with Crippen LogP contribution in [-0.4, -0.2) is 14.6 Å². The molecule has 2 aromatic rings. The molecular formula is C11H12N4. The van der Waals surface area contributed by atoms with Gasteiger partial charge in [-0.1, -0.05) is 6.92 Å². The zero-order valence-electron chi connectivity index (χ0n) is 9.07. The summed E-state index contributed by atoms with van der Waals surface area (Å²) in [7, 11) is 0. The van der Waals surface area contributed by atoms with Gasteiger partial charge in [-0.05, 0) is 25.8 Å². The topological polar surface area (TPSA) is 54.0 Å². The van der Waals surface area contributed by atoms with Gasteiger partial charge in [0.05, 0.1) is 6.20 Å². The highest BCUT2D eigenvalue weighted by atomic mass is 15.3. The summed E-state index contributed by atoms with van der Waals surface area (Å²) in [6.45, 7) is 6.08. The molecule has 0 radical (unpaired) electrons. The van der Waals surface area contributed by atoms with Crippen LogP contribution in [0, 0.1) is 25.2 Å². The summed E-state index contributed by atoms with van der Waals surface area (Å²) in [5, 5.41) is 13.1. The molecular weight excluding hydrogens is 188 g/mol. The molecule has 76 valence electrons. The third-order valence-electron chi connectivity index (χ3n) is 2.68. The number of aryl methyl sites for hydroxylation is 2. The molecule has 0 fully saturated rings. The van der Waals surface area contributed by atoms with Gasteiger partial charge in [0.2, 0.25) is 0 Å². The molecule has 0 unspecified atom stereocenters. The fraction of sp³-hybridized carbons (Fsp3) is 0.364. The lowest BCUT2D eigenvalue weighted by Crippen LogP contribution is -2.04. The quantitative estimate of drug-likeness (QED) is 0.705. The van der Waals surface area contributed by atoms with Crippen LogP contribution in [0.15, 0.2) is 6.20 Å². The fourth-order valence-corrected chi connectivity index (χ4v) is 1.90. The van der Waals surface area contributed by atoms with E-state index in [0.29, 0.717) is 11.2 Å². The summed E-state index contributed by atoms with van der Waals surface area (Å²) in [6.07, 6.45) is 2.50. The van der Waals surface area contributed by atoms with Crippen LogP contribution >= 0.6 is 0 Å². The summed E-state index contributed by atoms with van der Waals surface area (Å²) >= 11 is 0. The first-order valence-corrected chi connectivity index (χ1v) is 4.93. The molecule has 0 saturated carbocycles. The Labute approximate surface area is 88.2 Å². The number of hydrogen-bond acceptors (Lipinski definition) is 3. The second kappa shape index (κ2) is 3.35. The molecule has 0 aliphatic carbocycles. The number of hydrogen-bond donors (Lipinski definition) is 0. The SMILES string of the molecule is CCc1c(C)nc2c(C#N)cnn2c1C. The molecule has 2 aromatic heterocycles. The van der Waals surface area contributed by atoms with Crippen molar-refractivity contribution in [3.05, 3.63) is 28.7 Å². The van der Waals surface area contributed by atoms with E-state index in [0.717, 1.165) is 17.8 Å². The normalized spacial score (nSPS) is 10.5. The van der Waals surface area contributed by atoms with Crippen molar-refractivity contribution in [3.8, 4) is 6.07 Å². The van der Waals surface area contributed by atoms with Crippen molar-refractivity contribution in [1.82, 2.24) is 14.6 Å². The molecule has 2 rings (SSSR count). The van der Waals surface area contributed by atoms with Crippen LogP contribution in [0.4, 0.5) is 0 Å². The molecule has 2 heterocycles. The van der Waals surface area contributed by atoms with Crippen LogP contribution < -0.4 is 0 Å². The van der Waals surface area contributed by atoms with Gasteiger partial charge in [0.15, 0.2) is 5.65 Å². The second-order valence-electron chi connectivity index (χ2n) is 3.52. The maximum atomic E-state index is 8.89. The number of nitrogens with zero attached hydrogens (tertiary/aromatic N) is 4. The summed E-state index contributed by atoms with van der Waals surface area (Å²) in [5.41, 5.74) is 4.45. The summed E-state index contributed by atoms with van der Waals surface area (Å²) in [4.78, 5) is 4.42. The Hall–Kier alpha value is -1.89. The van der Waals surface area contributed by atoms with Gasteiger partial charge >= 0.3 is 0 Å². The summed E-state index contributed by atoms with van der Waals surface area (Å²) in [6, 6.07) is 2.10. The maximum absolute atomic E-state index is 8.89. The van der Waals surface area contributed by atoms with Crippen LogP contribution in [0.25, 0.3) is 5.65 Å². The van der Waals surface area contributed by atoms with Crippen LogP contribution in [0.3, 0.4) is 0 Å². The van der Waals surface area contributed by atoms with Gasteiger partial charge in [0.1, 0.15) is 11.6 Å². The van der Waals surface area contributed by atoms with E-state index in [1.54, 1.807) is 10.7 Å². The predicted molar refractivity (Wildman–Crippen MR) is 56.6 cm³/mol. The van der Waals surface area contributed by atoms with Crippen molar-refractivity contribution in [2.45, 2.75) is 27.2 Å². The van der Waals surface area contributed by atoms with Gasteiger partial charge in [-0.3, -0.25) is 0 Å². The van der Waals surface area contributed by atoms with Crippen LogP contribution in [-0.2, 0) is 6.42 Å². The zero-order chi connectivity index (χ0) is 11.0. The van der Waals surface area contributed by atoms with E-state index in [-0.39, 0.29) is 0 Å². The smallest absolute Gasteiger partial charge is 0.173 e. The lowest BCUT2D eigenvalue weighted by Gasteiger charge is -2.08. The average Bonchev–Trinajstić information content (AvgIpc) is 2.61. The van der Waals surface area contributed by atoms with E-state index < -0.39 is 0 Å². The Kier molecular flexibility index (Phi) is 2.16. The number of aromatic nitrogens is 3. The van der Waals surface area contributed by atoms with E-state index in [1.165, 1.54) is 5.56 Å². The molecule has 0 spiro atoms. The number of fused-ring (bicyclic) bond motifs is 1. The van der Waals surface area contributed by atoms with Gasteiger partial charge in [-0.2, -0.15) is 10.4 Å². The van der Waals surface area contributed by atoms with E-state index in [1.807, 2.05) is 13.8 Å². The highest BCUT2D eigenvalue weighted by molar-refractivity contribution is 5.55. The molecule has 0 aliphatic heterocycles. The predicted octanol–water partition coefficient (Wildman–Crippen LogP) is 1.78. The average molecular weight is 200 g/mol. The molecule has 4 nitrogen and oxygen atoms in total. The monoisotopic (exact) mass is 200 g/mol. The van der Waals surface area contributed by atoms with Gasteiger partial charge in [-0.15, -0.1) is 0 Å². The fourth-order valence-electron chi connectivity index (χ4n) is 1.90. The highest BCUT2D eigenvalue weighted by Crippen LogP contribution is 2.16. The van der Waals surface area contributed by atoms with Crippen molar-refractivity contribution in [3.63, 3.8) is 0 Å². The van der Waals surface area contributed by atoms with Crippen molar-refractivity contribution in [2.24, 2.45) is 0 Å². The molecule has 0 aromatic carbocycles. The van der Waals surface area contributed by atoms with Crippen molar-refractivity contribution in [1.29, 1.82) is 5.26 Å². The minimum absolute atomic E-state index is 0.531. The van der Waals surface area contributed by atoms with Crippen LogP contribution in [0.5, 0.6) is 0 Å². The van der Waals surface area contributed by atoms with E-state index in [2.05, 4.69) is 23.1 Å². The number of rotatable bonds is 1. The second-order valence-corrected chi connectivity index (χ2v) is 3.52. The summed E-state index contributed by atoms with van der Waals surface area (Å²) < 4.78 is 1.74. The van der Waals surface area contributed by atoms with E-state index >= 15 is 0 Å². The Morgan fingerprint density at radius 3 is 2.80 bits per heavy atom. The standard InChI is InChI=1S/C11H12N4/c1-4-10-7(2)14-11-9(5-12)6-13-15(11)8(10)3/h6H,4H2,1-3H3. The molecule has 0 saturated heterocycles. The van der Waals surface area contributed by atoms with Gasteiger partial charge in [-0.25, -0.2) is 9.50 Å². The Morgan fingerprint density at radius 1 is 1.47 bits per heavy atom. The van der Waals surface area contributed by atoms with Gasteiger partial charge in [0.25, 0.3) is 0 Å². The number of nitriles is 1. The first-order chi connectivity index (χ1) is 7.19. The zero-order valence-corrected chi connectivity index (χ0v) is 9.07. The largest absolute Gasteiger partial charge is 0.232 e. The molecule has 0 atom stereocenters. The Morgan fingerprint density at radius 2 is 2.20 bits per heavy atom. The third-order valence-corrected chi connectivity index (χ3v) is 2.68. The third kappa shape index (κ3) is 1.28. The van der Waals surface area contributed by atoms with Crippen molar-refractivity contribution < 1.29 is 0 Å². The van der Waals surface area contributed by atoms with Crippen molar-refractivity contribution >= 4 is 5.65 Å². The Bertz CT molecular complexity index is 560. The Balaban J connectivity index is 2.88. The van der Waals surface area contributed by atoms with E-state index in [4.69, 9.17) is 5.26 Å². The lowest BCUT2D eigenvalue weighted by atomic mass is 10.1. The van der Waals surface area contributed by atoms with Crippen LogP contribution in [0.1, 0.15) is 29.4 Å². The minimum atomic E-state index is 0.531. The first-order valence-electron chi connectivity index (χ1n) is 4.93. The molecule has 0 amide bonds.